The molecule has 0 bridgehead atoms. The molecule has 0 radical (unpaired) electrons. The number of benzene rings is 2. The van der Waals surface area contributed by atoms with Gasteiger partial charge >= 0.3 is 0 Å². The SMILES string of the molecule is COc1cccc(C2CCCN2C(=O)CN2CCN(c3ccc(O)cc3)CC2)c1. The van der Waals surface area contributed by atoms with Gasteiger partial charge in [-0.05, 0) is 54.8 Å². The normalized spacial score (nSPS) is 20.1. The zero-order valence-electron chi connectivity index (χ0n) is 17.0. The standard InChI is InChI=1S/C23H29N3O3/c1-29-21-5-2-4-18(16-21)22-6-3-11-26(22)23(28)17-24-12-14-25(15-13-24)19-7-9-20(27)10-8-19/h2,4-5,7-10,16,22,27H,3,6,11-15,17H2,1H3. The summed E-state index contributed by atoms with van der Waals surface area (Å²) in [6.45, 7) is 4.81. The molecule has 4 rings (SSSR count). The second-order valence-corrected chi connectivity index (χ2v) is 7.80. The molecule has 1 atom stereocenters. The van der Waals surface area contributed by atoms with Crippen molar-refractivity contribution in [2.75, 3.05) is 51.3 Å². The van der Waals surface area contributed by atoms with Crippen LogP contribution in [0.2, 0.25) is 0 Å². The van der Waals surface area contributed by atoms with Crippen LogP contribution in [-0.4, -0.2) is 67.2 Å². The topological polar surface area (TPSA) is 56.2 Å². The van der Waals surface area contributed by atoms with Gasteiger partial charge in [-0.2, -0.15) is 0 Å². The number of amides is 1. The maximum Gasteiger partial charge on any atom is 0.237 e. The predicted molar refractivity (Wildman–Crippen MR) is 113 cm³/mol. The zero-order chi connectivity index (χ0) is 20.2. The third-order valence-electron chi connectivity index (χ3n) is 6.00. The lowest BCUT2D eigenvalue weighted by atomic mass is 10.0. The van der Waals surface area contributed by atoms with E-state index in [2.05, 4.69) is 15.9 Å². The van der Waals surface area contributed by atoms with Crippen LogP contribution in [0.5, 0.6) is 11.5 Å². The number of likely N-dealkylation sites (tertiary alicyclic amines) is 1. The summed E-state index contributed by atoms with van der Waals surface area (Å²) in [6.07, 6.45) is 2.05. The van der Waals surface area contributed by atoms with Gasteiger partial charge in [-0.25, -0.2) is 0 Å². The summed E-state index contributed by atoms with van der Waals surface area (Å²) in [6, 6.07) is 15.6. The number of ether oxygens (including phenoxy) is 1. The molecule has 0 saturated carbocycles. The van der Waals surface area contributed by atoms with Gasteiger partial charge in [-0.3, -0.25) is 9.69 Å². The van der Waals surface area contributed by atoms with Gasteiger partial charge < -0.3 is 19.6 Å². The molecule has 1 N–H and O–H groups in total. The quantitative estimate of drug-likeness (QED) is 0.844. The number of anilines is 1. The van der Waals surface area contributed by atoms with Gasteiger partial charge in [0.2, 0.25) is 5.91 Å². The average Bonchev–Trinajstić information content (AvgIpc) is 3.25. The number of rotatable bonds is 5. The number of phenolic OH excluding ortho intramolecular Hbond substituents is 1. The molecular formula is C23H29N3O3. The van der Waals surface area contributed by atoms with Gasteiger partial charge in [-0.15, -0.1) is 0 Å². The molecule has 29 heavy (non-hydrogen) atoms. The van der Waals surface area contributed by atoms with Gasteiger partial charge in [0, 0.05) is 38.4 Å². The number of nitrogens with zero attached hydrogens (tertiary/aromatic N) is 3. The first-order valence-corrected chi connectivity index (χ1v) is 10.3. The van der Waals surface area contributed by atoms with Crippen LogP contribution >= 0.6 is 0 Å². The van der Waals surface area contributed by atoms with Crippen molar-refractivity contribution in [2.45, 2.75) is 18.9 Å². The van der Waals surface area contributed by atoms with Crippen molar-refractivity contribution >= 4 is 11.6 Å². The van der Waals surface area contributed by atoms with Crippen molar-refractivity contribution in [3.8, 4) is 11.5 Å². The highest BCUT2D eigenvalue weighted by Gasteiger charge is 2.31. The van der Waals surface area contributed by atoms with E-state index >= 15 is 0 Å². The molecule has 2 saturated heterocycles. The Labute approximate surface area is 172 Å². The second kappa shape index (κ2) is 8.74. The summed E-state index contributed by atoms with van der Waals surface area (Å²) >= 11 is 0. The Balaban J connectivity index is 1.34. The van der Waals surface area contributed by atoms with Crippen molar-refractivity contribution in [1.29, 1.82) is 0 Å². The molecule has 1 amide bonds. The molecule has 0 spiro atoms. The minimum atomic E-state index is 0.149. The van der Waals surface area contributed by atoms with Crippen molar-refractivity contribution < 1.29 is 14.6 Å². The number of carbonyl (C=O) groups excluding carboxylic acids is 1. The summed E-state index contributed by atoms with van der Waals surface area (Å²) in [5.41, 5.74) is 2.28. The van der Waals surface area contributed by atoms with Crippen molar-refractivity contribution in [1.82, 2.24) is 9.80 Å². The summed E-state index contributed by atoms with van der Waals surface area (Å²) in [4.78, 5) is 19.6. The third-order valence-corrected chi connectivity index (χ3v) is 6.00. The highest BCUT2D eigenvalue weighted by molar-refractivity contribution is 5.79. The molecule has 2 fully saturated rings. The van der Waals surface area contributed by atoms with E-state index in [9.17, 15) is 9.90 Å². The molecule has 0 aliphatic carbocycles. The van der Waals surface area contributed by atoms with E-state index in [4.69, 9.17) is 4.74 Å². The second-order valence-electron chi connectivity index (χ2n) is 7.80. The number of phenols is 1. The van der Waals surface area contributed by atoms with E-state index in [0.717, 1.165) is 62.6 Å². The Bertz CT molecular complexity index is 832. The smallest absolute Gasteiger partial charge is 0.237 e. The molecule has 2 aromatic carbocycles. The van der Waals surface area contributed by atoms with E-state index in [-0.39, 0.29) is 17.7 Å². The number of piperazine rings is 1. The lowest BCUT2D eigenvalue weighted by molar-refractivity contribution is -0.133. The highest BCUT2D eigenvalue weighted by Crippen LogP contribution is 2.33. The van der Waals surface area contributed by atoms with Crippen molar-refractivity contribution in [2.24, 2.45) is 0 Å². The maximum absolute atomic E-state index is 13.1. The molecule has 2 aliphatic heterocycles. The zero-order valence-corrected chi connectivity index (χ0v) is 17.0. The van der Waals surface area contributed by atoms with Gasteiger partial charge in [0.05, 0.1) is 19.7 Å². The molecule has 154 valence electrons. The average molecular weight is 396 g/mol. The molecule has 2 aromatic rings. The van der Waals surface area contributed by atoms with Crippen LogP contribution in [0.1, 0.15) is 24.4 Å². The fourth-order valence-electron chi connectivity index (χ4n) is 4.37. The summed E-state index contributed by atoms with van der Waals surface area (Å²) in [7, 11) is 1.68. The monoisotopic (exact) mass is 395 g/mol. The van der Waals surface area contributed by atoms with Crippen LogP contribution in [0.25, 0.3) is 0 Å². The number of methoxy groups -OCH3 is 1. The number of aromatic hydroxyl groups is 1. The number of hydrogen-bond donors (Lipinski definition) is 1. The molecule has 1 unspecified atom stereocenters. The number of carbonyl (C=O) groups is 1. The lowest BCUT2D eigenvalue weighted by Crippen LogP contribution is -2.50. The summed E-state index contributed by atoms with van der Waals surface area (Å²) in [5.74, 6) is 1.34. The Morgan fingerprint density at radius 3 is 2.55 bits per heavy atom. The first kappa shape index (κ1) is 19.6. The van der Waals surface area contributed by atoms with Gasteiger partial charge in [0.25, 0.3) is 0 Å². The van der Waals surface area contributed by atoms with Gasteiger partial charge in [-0.1, -0.05) is 12.1 Å². The Morgan fingerprint density at radius 1 is 1.07 bits per heavy atom. The van der Waals surface area contributed by atoms with Gasteiger partial charge in [0.1, 0.15) is 11.5 Å². The van der Waals surface area contributed by atoms with E-state index in [0.29, 0.717) is 6.54 Å². The molecular weight excluding hydrogens is 366 g/mol. The fraction of sp³-hybridized carbons (Fsp3) is 0.435. The summed E-state index contributed by atoms with van der Waals surface area (Å²) < 4.78 is 5.35. The maximum atomic E-state index is 13.1. The van der Waals surface area contributed by atoms with Gasteiger partial charge in [0.15, 0.2) is 0 Å². The Hall–Kier alpha value is -2.73. The molecule has 2 heterocycles. The molecule has 6 nitrogen and oxygen atoms in total. The number of hydrogen-bond acceptors (Lipinski definition) is 5. The summed E-state index contributed by atoms with van der Waals surface area (Å²) in [5, 5.41) is 9.46. The molecule has 0 aromatic heterocycles. The van der Waals surface area contributed by atoms with Crippen molar-refractivity contribution in [3.63, 3.8) is 0 Å². The van der Waals surface area contributed by atoms with Crippen molar-refractivity contribution in [3.05, 3.63) is 54.1 Å². The van der Waals surface area contributed by atoms with Crippen LogP contribution in [0.4, 0.5) is 5.69 Å². The van der Waals surface area contributed by atoms with E-state index in [1.165, 1.54) is 0 Å². The largest absolute Gasteiger partial charge is 0.508 e. The van der Waals surface area contributed by atoms with E-state index in [1.807, 2.05) is 35.2 Å². The predicted octanol–water partition coefficient (Wildman–Crippen LogP) is 2.89. The molecule has 2 aliphatic rings. The van der Waals surface area contributed by atoms with Crippen LogP contribution in [0.3, 0.4) is 0 Å². The van der Waals surface area contributed by atoms with Crippen LogP contribution in [0.15, 0.2) is 48.5 Å². The first-order chi connectivity index (χ1) is 14.1. The first-order valence-electron chi connectivity index (χ1n) is 10.3. The van der Waals surface area contributed by atoms with Crippen LogP contribution in [-0.2, 0) is 4.79 Å². The highest BCUT2D eigenvalue weighted by atomic mass is 16.5. The van der Waals surface area contributed by atoms with E-state index in [1.54, 1.807) is 19.2 Å². The van der Waals surface area contributed by atoms with E-state index < -0.39 is 0 Å². The fourth-order valence-corrected chi connectivity index (χ4v) is 4.37. The minimum absolute atomic E-state index is 0.149. The van der Waals surface area contributed by atoms with Crippen LogP contribution in [0, 0.1) is 0 Å². The Kier molecular flexibility index (Phi) is 5.90. The Morgan fingerprint density at radius 2 is 1.83 bits per heavy atom. The van der Waals surface area contributed by atoms with Crippen LogP contribution < -0.4 is 9.64 Å². The minimum Gasteiger partial charge on any atom is -0.508 e. The third kappa shape index (κ3) is 4.48. The molecule has 6 heteroatoms. The lowest BCUT2D eigenvalue weighted by Gasteiger charge is -2.37.